The van der Waals surface area contributed by atoms with Crippen molar-refractivity contribution in [1.29, 1.82) is 0 Å². The molecule has 114 valence electrons. The van der Waals surface area contributed by atoms with Crippen LogP contribution in [0.25, 0.3) is 0 Å². The van der Waals surface area contributed by atoms with E-state index in [4.69, 9.17) is 9.84 Å². The number of rotatable bonds is 7. The summed E-state index contributed by atoms with van der Waals surface area (Å²) in [6.45, 7) is 0.564. The van der Waals surface area contributed by atoms with Gasteiger partial charge in [0.25, 0.3) is 0 Å². The summed E-state index contributed by atoms with van der Waals surface area (Å²) < 4.78 is 4.76. The van der Waals surface area contributed by atoms with E-state index in [-0.39, 0.29) is 18.1 Å². The molecule has 0 aromatic carbocycles. The van der Waals surface area contributed by atoms with Crippen molar-refractivity contribution in [3.05, 3.63) is 24.0 Å². The third-order valence-corrected chi connectivity index (χ3v) is 2.28. The van der Waals surface area contributed by atoms with Crippen LogP contribution in [-0.2, 0) is 9.53 Å². The number of hydrogen-bond acceptors (Lipinski definition) is 5. The Morgan fingerprint density at radius 2 is 2.05 bits per heavy atom. The standard InChI is InChI=1S/C12H16N4O5/c1-21-5-4-13-10(17)7-15-12(20)16-8-2-3-9(11(18)19)14-6-8/h2-3,6H,4-5,7H2,1H3,(H,13,17)(H,18,19)(H2,15,16,20). The zero-order valence-electron chi connectivity index (χ0n) is 11.4. The summed E-state index contributed by atoms with van der Waals surface area (Å²) in [7, 11) is 1.52. The summed E-state index contributed by atoms with van der Waals surface area (Å²) in [4.78, 5) is 37.0. The van der Waals surface area contributed by atoms with Gasteiger partial charge in [0.2, 0.25) is 5.91 Å². The molecule has 0 aliphatic carbocycles. The fourth-order valence-corrected chi connectivity index (χ4v) is 1.29. The fraction of sp³-hybridized carbons (Fsp3) is 0.333. The van der Waals surface area contributed by atoms with Crippen molar-refractivity contribution in [2.75, 3.05) is 32.1 Å². The van der Waals surface area contributed by atoms with Crippen LogP contribution < -0.4 is 16.0 Å². The predicted octanol–water partition coefficient (Wildman–Crippen LogP) is -0.336. The molecule has 21 heavy (non-hydrogen) atoms. The number of methoxy groups -OCH3 is 1. The highest BCUT2D eigenvalue weighted by Gasteiger charge is 2.07. The van der Waals surface area contributed by atoms with Crippen molar-refractivity contribution < 1.29 is 24.2 Å². The molecular formula is C12H16N4O5. The molecule has 4 N–H and O–H groups in total. The number of aromatic nitrogens is 1. The van der Waals surface area contributed by atoms with Crippen LogP contribution in [0.15, 0.2) is 18.3 Å². The lowest BCUT2D eigenvalue weighted by molar-refractivity contribution is -0.120. The number of carbonyl (C=O) groups is 3. The Balaban J connectivity index is 2.33. The number of aromatic carboxylic acids is 1. The molecule has 0 fully saturated rings. The number of ether oxygens (including phenoxy) is 1. The van der Waals surface area contributed by atoms with Crippen LogP contribution in [0.1, 0.15) is 10.5 Å². The van der Waals surface area contributed by atoms with E-state index >= 15 is 0 Å². The zero-order chi connectivity index (χ0) is 15.7. The molecule has 0 aliphatic heterocycles. The lowest BCUT2D eigenvalue weighted by atomic mass is 10.3. The molecule has 0 atom stereocenters. The summed E-state index contributed by atoms with van der Waals surface area (Å²) in [6, 6.07) is 2.06. The van der Waals surface area contributed by atoms with Crippen LogP contribution in [0, 0.1) is 0 Å². The number of carboxylic acid groups (broad SMARTS) is 1. The minimum absolute atomic E-state index is 0.126. The first-order valence-corrected chi connectivity index (χ1v) is 6.02. The summed E-state index contributed by atoms with van der Waals surface area (Å²) in [5, 5.41) is 16.0. The molecule has 9 nitrogen and oxygen atoms in total. The van der Waals surface area contributed by atoms with E-state index in [0.717, 1.165) is 0 Å². The normalized spacial score (nSPS) is 9.76. The molecule has 0 saturated carbocycles. The first-order valence-electron chi connectivity index (χ1n) is 6.02. The van der Waals surface area contributed by atoms with Gasteiger partial charge in [-0.25, -0.2) is 14.6 Å². The van der Waals surface area contributed by atoms with E-state index in [9.17, 15) is 14.4 Å². The number of nitrogens with zero attached hydrogens (tertiary/aromatic N) is 1. The predicted molar refractivity (Wildman–Crippen MR) is 73.1 cm³/mol. The maximum absolute atomic E-state index is 11.5. The first kappa shape index (κ1) is 16.4. The topological polar surface area (TPSA) is 130 Å². The molecule has 1 heterocycles. The van der Waals surface area contributed by atoms with E-state index in [2.05, 4.69) is 20.9 Å². The van der Waals surface area contributed by atoms with Gasteiger partial charge in [-0.1, -0.05) is 0 Å². The van der Waals surface area contributed by atoms with Crippen LogP contribution >= 0.6 is 0 Å². The second kappa shape index (κ2) is 8.48. The maximum Gasteiger partial charge on any atom is 0.354 e. The van der Waals surface area contributed by atoms with Gasteiger partial charge in [-0.15, -0.1) is 0 Å². The molecule has 3 amide bonds. The second-order valence-electron chi connectivity index (χ2n) is 3.89. The van der Waals surface area contributed by atoms with Crippen molar-refractivity contribution in [3.8, 4) is 0 Å². The molecule has 1 aromatic rings. The maximum atomic E-state index is 11.5. The molecule has 1 aromatic heterocycles. The highest BCUT2D eigenvalue weighted by Crippen LogP contribution is 2.05. The smallest absolute Gasteiger partial charge is 0.354 e. The summed E-state index contributed by atoms with van der Waals surface area (Å²) in [6.07, 6.45) is 1.21. The molecule has 0 aliphatic rings. The second-order valence-corrected chi connectivity index (χ2v) is 3.89. The molecule has 0 bridgehead atoms. The van der Waals surface area contributed by atoms with Crippen molar-refractivity contribution in [1.82, 2.24) is 15.6 Å². The Kier molecular flexibility index (Phi) is 6.61. The Hall–Kier alpha value is -2.68. The molecule has 9 heteroatoms. The minimum atomic E-state index is -1.15. The van der Waals surface area contributed by atoms with Gasteiger partial charge in [0, 0.05) is 13.7 Å². The van der Waals surface area contributed by atoms with Gasteiger partial charge in [0.05, 0.1) is 25.0 Å². The quantitative estimate of drug-likeness (QED) is 0.509. The lowest BCUT2D eigenvalue weighted by Gasteiger charge is -2.08. The third kappa shape index (κ3) is 6.34. The van der Waals surface area contributed by atoms with E-state index in [1.807, 2.05) is 0 Å². The highest BCUT2D eigenvalue weighted by atomic mass is 16.5. The molecule has 0 spiro atoms. The summed E-state index contributed by atoms with van der Waals surface area (Å²) in [5.41, 5.74) is 0.191. The van der Waals surface area contributed by atoms with E-state index in [1.165, 1.54) is 25.4 Å². The number of amides is 3. The number of hydrogen-bond donors (Lipinski definition) is 4. The lowest BCUT2D eigenvalue weighted by Crippen LogP contribution is -2.39. The van der Waals surface area contributed by atoms with E-state index in [0.29, 0.717) is 18.8 Å². The Bertz CT molecular complexity index is 503. The Morgan fingerprint density at radius 1 is 1.29 bits per heavy atom. The average molecular weight is 296 g/mol. The van der Waals surface area contributed by atoms with Crippen molar-refractivity contribution in [3.63, 3.8) is 0 Å². The molecule has 0 radical (unpaired) electrons. The average Bonchev–Trinajstić information content (AvgIpc) is 2.46. The summed E-state index contributed by atoms with van der Waals surface area (Å²) >= 11 is 0. The van der Waals surface area contributed by atoms with Crippen molar-refractivity contribution >= 4 is 23.6 Å². The van der Waals surface area contributed by atoms with Crippen LogP contribution in [-0.4, -0.2) is 54.8 Å². The van der Waals surface area contributed by atoms with Crippen LogP contribution in [0.4, 0.5) is 10.5 Å². The Morgan fingerprint density at radius 3 is 2.62 bits per heavy atom. The number of anilines is 1. The van der Waals surface area contributed by atoms with E-state index < -0.39 is 12.0 Å². The number of pyridine rings is 1. The monoisotopic (exact) mass is 296 g/mol. The largest absolute Gasteiger partial charge is 0.477 e. The number of carboxylic acids is 1. The van der Waals surface area contributed by atoms with Gasteiger partial charge < -0.3 is 25.8 Å². The number of carbonyl (C=O) groups excluding carboxylic acids is 2. The SMILES string of the molecule is COCCNC(=O)CNC(=O)Nc1ccc(C(=O)O)nc1. The van der Waals surface area contributed by atoms with E-state index in [1.54, 1.807) is 0 Å². The van der Waals surface area contributed by atoms with Gasteiger partial charge in [-0.2, -0.15) is 0 Å². The van der Waals surface area contributed by atoms with Crippen molar-refractivity contribution in [2.45, 2.75) is 0 Å². The van der Waals surface area contributed by atoms with Crippen LogP contribution in [0.5, 0.6) is 0 Å². The molecule has 0 unspecified atom stereocenters. The van der Waals surface area contributed by atoms with Gasteiger partial charge in [-0.05, 0) is 12.1 Å². The van der Waals surface area contributed by atoms with Gasteiger partial charge in [-0.3, -0.25) is 4.79 Å². The van der Waals surface area contributed by atoms with Gasteiger partial charge in [0.15, 0.2) is 0 Å². The van der Waals surface area contributed by atoms with Crippen molar-refractivity contribution in [2.24, 2.45) is 0 Å². The Labute approximate surface area is 120 Å². The minimum Gasteiger partial charge on any atom is -0.477 e. The van der Waals surface area contributed by atoms with Gasteiger partial charge in [0.1, 0.15) is 5.69 Å². The molecule has 0 saturated heterocycles. The highest BCUT2D eigenvalue weighted by molar-refractivity contribution is 5.92. The zero-order valence-corrected chi connectivity index (χ0v) is 11.4. The van der Waals surface area contributed by atoms with Crippen LogP contribution in [0.3, 0.4) is 0 Å². The fourth-order valence-electron chi connectivity index (χ4n) is 1.29. The van der Waals surface area contributed by atoms with Crippen LogP contribution in [0.2, 0.25) is 0 Å². The van der Waals surface area contributed by atoms with Gasteiger partial charge >= 0.3 is 12.0 Å². The molecular weight excluding hydrogens is 280 g/mol. The first-order chi connectivity index (χ1) is 10.0. The third-order valence-electron chi connectivity index (χ3n) is 2.28. The summed E-state index contributed by atoms with van der Waals surface area (Å²) in [5.74, 6) is -1.50. The number of nitrogens with one attached hydrogen (secondary N) is 3. The molecule has 1 rings (SSSR count). The number of urea groups is 1.